The van der Waals surface area contributed by atoms with Crippen molar-refractivity contribution in [3.05, 3.63) is 57.3 Å². The van der Waals surface area contributed by atoms with E-state index in [2.05, 4.69) is 27.3 Å². The molecule has 0 radical (unpaired) electrons. The third kappa shape index (κ3) is 2.25. The van der Waals surface area contributed by atoms with Gasteiger partial charge < -0.3 is 10.1 Å². The second-order valence-corrected chi connectivity index (χ2v) is 8.70. The second kappa shape index (κ2) is 5.81. The Balaban J connectivity index is 1.68. The van der Waals surface area contributed by atoms with Crippen LogP contribution in [0.15, 0.2) is 40.9 Å². The van der Waals surface area contributed by atoms with Crippen molar-refractivity contribution in [3.8, 4) is 5.75 Å². The van der Waals surface area contributed by atoms with Gasteiger partial charge in [0.2, 0.25) is 0 Å². The van der Waals surface area contributed by atoms with Crippen molar-refractivity contribution in [3.63, 3.8) is 0 Å². The Labute approximate surface area is 169 Å². The van der Waals surface area contributed by atoms with Crippen LogP contribution in [0.1, 0.15) is 30.9 Å². The van der Waals surface area contributed by atoms with E-state index in [4.69, 9.17) is 28.6 Å². The predicted octanol–water partition coefficient (Wildman–Crippen LogP) is 5.57. The third-order valence-corrected chi connectivity index (χ3v) is 6.73. The molecule has 1 saturated carbocycles. The maximum atomic E-state index is 13.7. The second-order valence-electron chi connectivity index (χ2n) is 6.99. The highest BCUT2D eigenvalue weighted by atomic mass is 79.9. The number of hydrogen-bond acceptors (Lipinski definition) is 2. The van der Waals surface area contributed by atoms with E-state index in [0.29, 0.717) is 5.11 Å². The summed E-state index contributed by atoms with van der Waals surface area (Å²) < 4.78 is 21.3. The highest BCUT2D eigenvalue weighted by Gasteiger charge is 2.60. The van der Waals surface area contributed by atoms with Gasteiger partial charge in [-0.2, -0.15) is 0 Å². The van der Waals surface area contributed by atoms with E-state index in [1.54, 1.807) is 12.1 Å². The Hall–Kier alpha value is -1.37. The van der Waals surface area contributed by atoms with E-state index in [1.807, 2.05) is 17.0 Å². The van der Waals surface area contributed by atoms with Crippen LogP contribution in [0.5, 0.6) is 5.75 Å². The summed E-state index contributed by atoms with van der Waals surface area (Å²) in [5.74, 6) is 0.675. The number of fused-ring (bicyclic) bond motifs is 2. The molecule has 7 heteroatoms. The van der Waals surface area contributed by atoms with Crippen LogP contribution in [-0.4, -0.2) is 10.8 Å². The number of nitrogens with zero attached hydrogens (tertiary/aromatic N) is 1. The first kappa shape index (κ1) is 16.8. The fourth-order valence-corrected chi connectivity index (χ4v) is 5.57. The van der Waals surface area contributed by atoms with Gasteiger partial charge in [0.15, 0.2) is 10.8 Å². The van der Waals surface area contributed by atoms with E-state index in [9.17, 15) is 4.39 Å². The summed E-state index contributed by atoms with van der Waals surface area (Å²) >= 11 is 15.3. The molecular formula is C19H15BrClFN2OS. The molecule has 2 aliphatic heterocycles. The number of anilines is 1. The molecule has 2 fully saturated rings. The van der Waals surface area contributed by atoms with Crippen LogP contribution in [0.25, 0.3) is 0 Å². The molecule has 3 aliphatic rings. The zero-order valence-electron chi connectivity index (χ0n) is 13.6. The molecule has 3 atom stereocenters. The van der Waals surface area contributed by atoms with Crippen molar-refractivity contribution in [1.82, 2.24) is 5.32 Å². The summed E-state index contributed by atoms with van der Waals surface area (Å²) in [4.78, 5) is 1.99. The molecule has 134 valence electrons. The average Bonchev–Trinajstić information content (AvgIpc) is 3.03. The number of halogens is 3. The van der Waals surface area contributed by atoms with Crippen molar-refractivity contribution < 1.29 is 9.13 Å². The zero-order valence-corrected chi connectivity index (χ0v) is 16.8. The van der Waals surface area contributed by atoms with Crippen molar-refractivity contribution >= 4 is 50.5 Å². The van der Waals surface area contributed by atoms with Crippen molar-refractivity contribution in [2.75, 3.05) is 4.90 Å². The van der Waals surface area contributed by atoms with E-state index in [1.165, 1.54) is 6.07 Å². The Morgan fingerprint density at radius 2 is 2.15 bits per heavy atom. The molecule has 2 heterocycles. The lowest BCUT2D eigenvalue weighted by Crippen LogP contribution is -2.69. The van der Waals surface area contributed by atoms with Gasteiger partial charge in [-0.1, -0.05) is 27.5 Å². The van der Waals surface area contributed by atoms with E-state index in [0.717, 1.165) is 40.7 Å². The predicted molar refractivity (Wildman–Crippen MR) is 107 cm³/mol. The fraction of sp³-hybridized carbons (Fsp3) is 0.316. The lowest BCUT2D eigenvalue weighted by Gasteiger charge is -2.56. The molecule has 2 aromatic rings. The van der Waals surface area contributed by atoms with Crippen molar-refractivity contribution in [2.24, 2.45) is 5.92 Å². The van der Waals surface area contributed by atoms with Crippen LogP contribution < -0.4 is 15.0 Å². The van der Waals surface area contributed by atoms with Gasteiger partial charge in [-0.05, 0) is 61.5 Å². The first-order valence-electron chi connectivity index (χ1n) is 8.54. The molecule has 0 spiro atoms. The standard InChI is InChI=1S/C19H15BrClFN2OS/c20-10-3-6-16-12(8-10)17-13-2-1-7-19(13,25-16)24(18(26)23-17)11-4-5-15(22)14(21)9-11/h3-6,8-9,13,17H,1-2,7H2,(H,23,26)/t13-,17-,19+/m0/s1. The first-order chi connectivity index (χ1) is 12.5. The molecule has 0 amide bonds. The highest BCUT2D eigenvalue weighted by molar-refractivity contribution is 9.10. The number of hydrogen-bond donors (Lipinski definition) is 1. The molecule has 0 unspecified atom stereocenters. The minimum Gasteiger partial charge on any atom is -0.467 e. The van der Waals surface area contributed by atoms with Crippen LogP contribution in [0.2, 0.25) is 5.02 Å². The molecule has 2 aromatic carbocycles. The molecule has 1 saturated heterocycles. The molecule has 5 rings (SSSR count). The van der Waals surface area contributed by atoms with Gasteiger partial charge in [-0.3, -0.25) is 4.90 Å². The van der Waals surface area contributed by atoms with E-state index < -0.39 is 11.5 Å². The van der Waals surface area contributed by atoms with Gasteiger partial charge in [-0.15, -0.1) is 0 Å². The van der Waals surface area contributed by atoms with Gasteiger partial charge >= 0.3 is 0 Å². The summed E-state index contributed by atoms with van der Waals surface area (Å²) in [5, 5.41) is 4.17. The minimum absolute atomic E-state index is 0.0820. The Morgan fingerprint density at radius 3 is 2.96 bits per heavy atom. The van der Waals surface area contributed by atoms with Gasteiger partial charge in [0.1, 0.15) is 11.6 Å². The number of thiocarbonyl (C=S) groups is 1. The minimum atomic E-state index is -0.561. The van der Waals surface area contributed by atoms with Gasteiger partial charge in [0, 0.05) is 28.1 Å². The lowest BCUT2D eigenvalue weighted by molar-refractivity contribution is -0.00510. The van der Waals surface area contributed by atoms with Gasteiger partial charge in [0.05, 0.1) is 11.1 Å². The van der Waals surface area contributed by atoms with Crippen LogP contribution >= 0.6 is 39.7 Å². The van der Waals surface area contributed by atoms with Crippen molar-refractivity contribution in [1.29, 1.82) is 0 Å². The fourth-order valence-electron chi connectivity index (χ4n) is 4.63. The SMILES string of the molecule is Fc1ccc(N2C(=S)N[C@H]3c4cc(Br)ccc4O[C@@]24CCC[C@@H]34)cc1Cl. The Bertz CT molecular complexity index is 942. The van der Waals surface area contributed by atoms with Crippen LogP contribution in [0.4, 0.5) is 10.1 Å². The molecule has 26 heavy (non-hydrogen) atoms. The maximum absolute atomic E-state index is 13.7. The maximum Gasteiger partial charge on any atom is 0.194 e. The number of nitrogens with one attached hydrogen (secondary N) is 1. The smallest absolute Gasteiger partial charge is 0.194 e. The number of benzene rings is 2. The van der Waals surface area contributed by atoms with Crippen molar-refractivity contribution in [2.45, 2.75) is 31.0 Å². The summed E-state index contributed by atoms with van der Waals surface area (Å²) in [6.07, 6.45) is 2.95. The number of ether oxygens (including phenoxy) is 1. The molecule has 1 aliphatic carbocycles. The van der Waals surface area contributed by atoms with Crippen LogP contribution in [0, 0.1) is 11.7 Å². The lowest BCUT2D eigenvalue weighted by atomic mass is 9.80. The number of rotatable bonds is 1. The van der Waals surface area contributed by atoms with Gasteiger partial charge in [-0.25, -0.2) is 4.39 Å². The monoisotopic (exact) mass is 452 g/mol. The summed E-state index contributed by atoms with van der Waals surface area (Å²) in [6.45, 7) is 0. The van der Waals surface area contributed by atoms with E-state index >= 15 is 0 Å². The first-order valence-corrected chi connectivity index (χ1v) is 10.1. The van der Waals surface area contributed by atoms with Gasteiger partial charge in [0.25, 0.3) is 0 Å². The highest BCUT2D eigenvalue weighted by Crippen LogP contribution is 2.56. The Kier molecular flexibility index (Phi) is 3.75. The molecule has 1 N–H and O–H groups in total. The van der Waals surface area contributed by atoms with Crippen LogP contribution in [0.3, 0.4) is 0 Å². The molecule has 0 aromatic heterocycles. The summed E-state index contributed by atoms with van der Waals surface area (Å²) in [5.41, 5.74) is 1.32. The topological polar surface area (TPSA) is 24.5 Å². The van der Waals surface area contributed by atoms with Crippen LogP contribution in [-0.2, 0) is 0 Å². The third-order valence-electron chi connectivity index (χ3n) is 5.65. The summed E-state index contributed by atoms with van der Waals surface area (Å²) in [7, 11) is 0. The molecule has 2 bridgehead atoms. The normalized spacial score (nSPS) is 28.9. The average molecular weight is 454 g/mol. The largest absolute Gasteiger partial charge is 0.467 e. The van der Waals surface area contributed by atoms with E-state index in [-0.39, 0.29) is 17.0 Å². The zero-order chi connectivity index (χ0) is 18.1. The Morgan fingerprint density at radius 1 is 1.31 bits per heavy atom. The molecule has 3 nitrogen and oxygen atoms in total. The quantitative estimate of drug-likeness (QED) is 0.571. The molecular weight excluding hydrogens is 439 g/mol. The summed E-state index contributed by atoms with van der Waals surface area (Å²) in [6, 6.07) is 10.9.